The molecule has 5 aromatic rings. The van der Waals surface area contributed by atoms with E-state index in [-0.39, 0.29) is 18.7 Å². The molecule has 2 amide bonds. The summed E-state index contributed by atoms with van der Waals surface area (Å²) in [5.74, 6) is -1.06. The Balaban J connectivity index is 1.22. The van der Waals surface area contributed by atoms with Gasteiger partial charge in [0.2, 0.25) is 5.91 Å². The van der Waals surface area contributed by atoms with E-state index in [2.05, 4.69) is 25.9 Å². The van der Waals surface area contributed by atoms with Gasteiger partial charge < -0.3 is 30.2 Å². The molecule has 0 bridgehead atoms. The summed E-state index contributed by atoms with van der Waals surface area (Å²) in [7, 11) is 1.58. The number of nitrogens with one attached hydrogen (secondary N) is 3. The number of carboxylic acids is 1. The Morgan fingerprint density at radius 1 is 0.976 bits per heavy atom. The Hall–Kier alpha value is -5.71. The van der Waals surface area contributed by atoms with Gasteiger partial charge in [0.1, 0.15) is 11.3 Å². The van der Waals surface area contributed by atoms with Crippen molar-refractivity contribution in [3.05, 3.63) is 108 Å². The maximum atomic E-state index is 12.8. The molecule has 0 fully saturated rings. The molecule has 1 atom stereocenters. The Labute approximate surface area is 240 Å². The molecule has 42 heavy (non-hydrogen) atoms. The van der Waals surface area contributed by atoms with E-state index in [1.807, 2.05) is 30.3 Å². The van der Waals surface area contributed by atoms with Crippen LogP contribution in [0.25, 0.3) is 11.1 Å². The van der Waals surface area contributed by atoms with Gasteiger partial charge in [-0.15, -0.1) is 0 Å². The number of methoxy groups -OCH3 is 1. The first kappa shape index (κ1) is 27.8. The molecule has 0 aliphatic rings. The highest BCUT2D eigenvalue weighted by molar-refractivity contribution is 5.95. The fourth-order valence-electron chi connectivity index (χ4n) is 4.36. The lowest BCUT2D eigenvalue weighted by Gasteiger charge is -2.18. The molecule has 0 aliphatic carbocycles. The van der Waals surface area contributed by atoms with Crippen molar-refractivity contribution >= 4 is 46.3 Å². The first-order chi connectivity index (χ1) is 20.4. The second-order valence-corrected chi connectivity index (χ2v) is 9.35. The van der Waals surface area contributed by atoms with E-state index in [9.17, 15) is 19.5 Å². The number of hydrogen-bond acceptors (Lipinski definition) is 8. The van der Waals surface area contributed by atoms with Gasteiger partial charge in [-0.05, 0) is 59.7 Å². The van der Waals surface area contributed by atoms with E-state index < -0.39 is 17.9 Å². The molecule has 0 spiro atoms. The van der Waals surface area contributed by atoms with Gasteiger partial charge in [-0.25, -0.2) is 0 Å². The minimum atomic E-state index is -1.06. The number of rotatable bonds is 11. The number of carbonyl (C=O) groups excluding carboxylic acids is 2. The summed E-state index contributed by atoms with van der Waals surface area (Å²) < 4.78 is 11.2. The maximum Gasteiger partial charge on any atom is 0.305 e. The van der Waals surface area contributed by atoms with Crippen molar-refractivity contribution in [1.29, 1.82) is 0 Å². The second kappa shape index (κ2) is 12.6. The van der Waals surface area contributed by atoms with Gasteiger partial charge >= 0.3 is 5.97 Å². The fraction of sp³-hybridized carbons (Fsp3) is 0.129. The second-order valence-electron chi connectivity index (χ2n) is 9.35. The Kier molecular flexibility index (Phi) is 8.38. The molecular weight excluding hydrogens is 538 g/mol. The highest BCUT2D eigenvalue weighted by Gasteiger charge is 2.19. The molecule has 4 N–H and O–H groups in total. The zero-order valence-corrected chi connectivity index (χ0v) is 22.5. The number of oxazole rings is 1. The molecule has 3 aromatic carbocycles. The number of fused-ring (bicyclic) bond motifs is 1. The third-order valence-electron chi connectivity index (χ3n) is 6.39. The SMILES string of the molecule is COc1ccccc1Nc1nc2ccc(CC(=O)Nc3ccc([C@H](CC(=O)O)NC(=O)c4ccncc4)cc3)cc2o1. The summed E-state index contributed by atoms with van der Waals surface area (Å²) in [6, 6.07) is 22.1. The van der Waals surface area contributed by atoms with Gasteiger partial charge in [-0.3, -0.25) is 19.4 Å². The maximum absolute atomic E-state index is 12.8. The first-order valence-corrected chi connectivity index (χ1v) is 13.0. The van der Waals surface area contributed by atoms with E-state index in [4.69, 9.17) is 9.15 Å². The van der Waals surface area contributed by atoms with Gasteiger partial charge in [0, 0.05) is 23.6 Å². The average molecular weight is 566 g/mol. The molecule has 212 valence electrons. The van der Waals surface area contributed by atoms with Gasteiger partial charge in [-0.2, -0.15) is 4.98 Å². The minimum Gasteiger partial charge on any atom is -0.495 e. The van der Waals surface area contributed by atoms with Crippen LogP contribution in [0.3, 0.4) is 0 Å². The molecule has 11 nitrogen and oxygen atoms in total. The van der Waals surface area contributed by atoms with Crippen LogP contribution in [0, 0.1) is 0 Å². The molecular formula is C31H27N5O6. The Bertz CT molecular complexity index is 1720. The number of aliphatic carboxylic acids is 1. The van der Waals surface area contributed by atoms with E-state index in [0.717, 1.165) is 5.56 Å². The number of anilines is 3. The van der Waals surface area contributed by atoms with Crippen molar-refractivity contribution in [1.82, 2.24) is 15.3 Å². The number of ether oxygens (including phenoxy) is 1. The van der Waals surface area contributed by atoms with E-state index in [1.54, 1.807) is 55.6 Å². The monoisotopic (exact) mass is 565 g/mol. The van der Waals surface area contributed by atoms with Crippen molar-refractivity contribution in [3.63, 3.8) is 0 Å². The number of amides is 2. The summed E-state index contributed by atoms with van der Waals surface area (Å²) in [5, 5.41) is 18.1. The lowest BCUT2D eigenvalue weighted by Crippen LogP contribution is -2.30. The van der Waals surface area contributed by atoms with Crippen LogP contribution in [-0.4, -0.2) is 40.0 Å². The standard InChI is InChI=1S/C31H27N5O6/c1-41-26-5-3-2-4-23(26)35-31-36-24-11-6-19(16-27(24)42-31)17-28(37)33-22-9-7-20(8-10-22)25(18-29(38)39)34-30(40)21-12-14-32-15-13-21/h2-16,25H,17-18H2,1H3,(H,33,37)(H,34,40)(H,35,36)(H,38,39)/t25-/m0/s1. The van der Waals surface area contributed by atoms with Gasteiger partial charge in [-0.1, -0.05) is 30.3 Å². The Morgan fingerprint density at radius 3 is 2.48 bits per heavy atom. The quantitative estimate of drug-likeness (QED) is 0.171. The number of nitrogens with zero attached hydrogens (tertiary/aromatic N) is 2. The van der Waals surface area contributed by atoms with Gasteiger partial charge in [0.15, 0.2) is 5.58 Å². The van der Waals surface area contributed by atoms with Crippen LogP contribution < -0.4 is 20.7 Å². The van der Waals surface area contributed by atoms with E-state index >= 15 is 0 Å². The summed E-state index contributed by atoms with van der Waals surface area (Å²) in [6.45, 7) is 0. The number of benzene rings is 3. The molecule has 0 aliphatic heterocycles. The smallest absolute Gasteiger partial charge is 0.305 e. The van der Waals surface area contributed by atoms with Crippen LogP contribution in [0.2, 0.25) is 0 Å². The van der Waals surface area contributed by atoms with Crippen LogP contribution in [0.5, 0.6) is 5.75 Å². The van der Waals surface area contributed by atoms with E-state index in [0.29, 0.717) is 45.4 Å². The molecule has 11 heteroatoms. The normalized spacial score (nSPS) is 11.5. The number of carboxylic acid groups (broad SMARTS) is 1. The molecule has 0 unspecified atom stereocenters. The van der Waals surface area contributed by atoms with Crippen molar-refractivity contribution in [2.75, 3.05) is 17.7 Å². The van der Waals surface area contributed by atoms with Crippen LogP contribution in [-0.2, 0) is 16.0 Å². The van der Waals surface area contributed by atoms with Crippen LogP contribution >= 0.6 is 0 Å². The van der Waals surface area contributed by atoms with Gasteiger partial charge in [0.05, 0.1) is 31.7 Å². The van der Waals surface area contributed by atoms with Crippen LogP contribution in [0.4, 0.5) is 17.4 Å². The number of pyridine rings is 1. The highest BCUT2D eigenvalue weighted by atomic mass is 16.5. The summed E-state index contributed by atoms with van der Waals surface area (Å²) in [4.78, 5) is 45.1. The predicted octanol–water partition coefficient (Wildman–Crippen LogP) is 5.10. The fourth-order valence-corrected chi connectivity index (χ4v) is 4.36. The molecule has 0 saturated carbocycles. The molecule has 2 heterocycles. The number of hydrogen-bond donors (Lipinski definition) is 4. The molecule has 2 aromatic heterocycles. The number of aromatic nitrogens is 2. The van der Waals surface area contributed by atoms with Crippen molar-refractivity contribution in [2.24, 2.45) is 0 Å². The average Bonchev–Trinajstić information content (AvgIpc) is 3.39. The molecule has 0 radical (unpaired) electrons. The van der Waals surface area contributed by atoms with Crippen molar-refractivity contribution in [3.8, 4) is 5.75 Å². The van der Waals surface area contributed by atoms with Crippen molar-refractivity contribution < 1.29 is 28.6 Å². The zero-order valence-electron chi connectivity index (χ0n) is 22.5. The summed E-state index contributed by atoms with van der Waals surface area (Å²) in [5.41, 5.74) is 4.10. The predicted molar refractivity (Wildman–Crippen MR) is 156 cm³/mol. The highest BCUT2D eigenvalue weighted by Crippen LogP contribution is 2.29. The number of carbonyl (C=O) groups is 3. The zero-order chi connectivity index (χ0) is 29.5. The third kappa shape index (κ3) is 6.89. The topological polar surface area (TPSA) is 156 Å². The Morgan fingerprint density at radius 2 is 1.74 bits per heavy atom. The summed E-state index contributed by atoms with van der Waals surface area (Å²) in [6.07, 6.45) is 2.76. The molecule has 0 saturated heterocycles. The summed E-state index contributed by atoms with van der Waals surface area (Å²) >= 11 is 0. The van der Waals surface area contributed by atoms with E-state index in [1.165, 1.54) is 12.4 Å². The van der Waals surface area contributed by atoms with Crippen LogP contribution in [0.1, 0.15) is 33.9 Å². The van der Waals surface area contributed by atoms with Crippen molar-refractivity contribution in [2.45, 2.75) is 18.9 Å². The lowest BCUT2D eigenvalue weighted by molar-refractivity contribution is -0.137. The van der Waals surface area contributed by atoms with Gasteiger partial charge in [0.25, 0.3) is 11.9 Å². The lowest BCUT2D eigenvalue weighted by atomic mass is 10.0. The van der Waals surface area contributed by atoms with Crippen LogP contribution in [0.15, 0.2) is 95.7 Å². The third-order valence-corrected chi connectivity index (χ3v) is 6.39. The number of para-hydroxylation sites is 2. The first-order valence-electron chi connectivity index (χ1n) is 13.0. The minimum absolute atomic E-state index is 0.0945. The largest absolute Gasteiger partial charge is 0.495 e. The molecule has 5 rings (SSSR count).